The first-order chi connectivity index (χ1) is 10.2. The summed E-state index contributed by atoms with van der Waals surface area (Å²) in [5.74, 6) is 1.63. The first-order valence-electron chi connectivity index (χ1n) is 7.50. The molecule has 2 rings (SSSR count). The number of hydrogen-bond donors (Lipinski definition) is 0. The largest absolute Gasteiger partial charge is 0.494 e. The zero-order chi connectivity index (χ0) is 15.2. The van der Waals surface area contributed by atoms with Gasteiger partial charge in [-0.3, -0.25) is 4.79 Å². The van der Waals surface area contributed by atoms with Crippen LogP contribution in [0.2, 0.25) is 0 Å². The molecule has 0 atom stereocenters. The zero-order valence-electron chi connectivity index (χ0n) is 12.9. The van der Waals surface area contributed by atoms with E-state index in [1.807, 2.05) is 30.3 Å². The van der Waals surface area contributed by atoms with E-state index in [1.165, 1.54) is 0 Å². The van der Waals surface area contributed by atoms with Crippen LogP contribution < -0.4 is 9.47 Å². The Balaban J connectivity index is 2.47. The molecule has 2 aromatic rings. The predicted octanol–water partition coefficient (Wildman–Crippen LogP) is 4.62. The highest BCUT2D eigenvalue weighted by molar-refractivity contribution is 6.01. The summed E-state index contributed by atoms with van der Waals surface area (Å²) in [5, 5.41) is 1.99. The highest BCUT2D eigenvalue weighted by Crippen LogP contribution is 2.31. The number of carbonyl (C=O) groups excluding carboxylic acids is 1. The van der Waals surface area contributed by atoms with Gasteiger partial charge in [-0.05, 0) is 49.4 Å². The standard InChI is InChI=1S/C18H22O3/c1-4-8-20-16-7-6-14-10-15(13(3)19)11-18(17(14)12-16)21-9-5-2/h6-7,10-12H,4-5,8-9H2,1-3H3. The van der Waals surface area contributed by atoms with Crippen LogP contribution in [0.3, 0.4) is 0 Å². The van der Waals surface area contributed by atoms with Gasteiger partial charge in [0.15, 0.2) is 5.78 Å². The molecule has 0 aromatic heterocycles. The van der Waals surface area contributed by atoms with Crippen LogP contribution in [0, 0.1) is 0 Å². The van der Waals surface area contributed by atoms with Gasteiger partial charge in [-0.15, -0.1) is 0 Å². The van der Waals surface area contributed by atoms with Gasteiger partial charge in [0.1, 0.15) is 11.5 Å². The van der Waals surface area contributed by atoms with Crippen LogP contribution >= 0.6 is 0 Å². The van der Waals surface area contributed by atoms with Gasteiger partial charge in [0, 0.05) is 10.9 Å². The Morgan fingerprint density at radius 1 is 1.00 bits per heavy atom. The van der Waals surface area contributed by atoms with Gasteiger partial charge >= 0.3 is 0 Å². The van der Waals surface area contributed by atoms with Gasteiger partial charge < -0.3 is 9.47 Å². The molecule has 0 radical (unpaired) electrons. The highest BCUT2D eigenvalue weighted by Gasteiger charge is 2.09. The van der Waals surface area contributed by atoms with Gasteiger partial charge in [0.25, 0.3) is 0 Å². The van der Waals surface area contributed by atoms with Crippen molar-refractivity contribution in [1.82, 2.24) is 0 Å². The highest BCUT2D eigenvalue weighted by atomic mass is 16.5. The second-order valence-corrected chi connectivity index (χ2v) is 5.11. The number of Topliss-reactive ketones (excluding diaryl/α,β-unsaturated/α-hetero) is 1. The average molecular weight is 286 g/mol. The summed E-state index contributed by atoms with van der Waals surface area (Å²) in [6.07, 6.45) is 1.90. The number of carbonyl (C=O) groups is 1. The lowest BCUT2D eigenvalue weighted by molar-refractivity contribution is 0.101. The molecule has 3 nitrogen and oxygen atoms in total. The molecule has 0 saturated heterocycles. The molecule has 0 N–H and O–H groups in total. The number of rotatable bonds is 7. The smallest absolute Gasteiger partial charge is 0.159 e. The molecular formula is C18H22O3. The fraction of sp³-hybridized carbons (Fsp3) is 0.389. The lowest BCUT2D eigenvalue weighted by atomic mass is 10.0. The van der Waals surface area contributed by atoms with Crippen molar-refractivity contribution in [2.45, 2.75) is 33.6 Å². The fourth-order valence-corrected chi connectivity index (χ4v) is 2.15. The molecule has 112 valence electrons. The van der Waals surface area contributed by atoms with E-state index < -0.39 is 0 Å². The topological polar surface area (TPSA) is 35.5 Å². The third-order valence-electron chi connectivity index (χ3n) is 3.23. The number of fused-ring (bicyclic) bond motifs is 1. The van der Waals surface area contributed by atoms with Gasteiger partial charge in [0.2, 0.25) is 0 Å². The fourth-order valence-electron chi connectivity index (χ4n) is 2.15. The van der Waals surface area contributed by atoms with E-state index in [1.54, 1.807) is 6.92 Å². The van der Waals surface area contributed by atoms with Crippen molar-refractivity contribution in [2.24, 2.45) is 0 Å². The molecule has 0 aliphatic rings. The van der Waals surface area contributed by atoms with Crippen LogP contribution in [-0.4, -0.2) is 19.0 Å². The SMILES string of the molecule is CCCOc1ccc2cc(C(C)=O)cc(OCCC)c2c1. The molecule has 21 heavy (non-hydrogen) atoms. The van der Waals surface area contributed by atoms with E-state index in [2.05, 4.69) is 13.8 Å². The van der Waals surface area contributed by atoms with Crippen molar-refractivity contribution < 1.29 is 14.3 Å². The summed E-state index contributed by atoms with van der Waals surface area (Å²) in [6, 6.07) is 9.63. The third kappa shape index (κ3) is 3.75. The van der Waals surface area contributed by atoms with Gasteiger partial charge in [-0.1, -0.05) is 19.9 Å². The van der Waals surface area contributed by atoms with E-state index in [4.69, 9.17) is 9.47 Å². The van der Waals surface area contributed by atoms with Gasteiger partial charge in [-0.2, -0.15) is 0 Å². The van der Waals surface area contributed by atoms with E-state index >= 15 is 0 Å². The summed E-state index contributed by atoms with van der Waals surface area (Å²) < 4.78 is 11.5. The monoisotopic (exact) mass is 286 g/mol. The number of benzene rings is 2. The molecule has 0 aliphatic carbocycles. The molecular weight excluding hydrogens is 264 g/mol. The predicted molar refractivity (Wildman–Crippen MR) is 85.5 cm³/mol. The van der Waals surface area contributed by atoms with Crippen LogP contribution in [0.5, 0.6) is 11.5 Å². The minimum absolute atomic E-state index is 0.0459. The molecule has 0 aliphatic heterocycles. The van der Waals surface area contributed by atoms with Gasteiger partial charge in [-0.25, -0.2) is 0 Å². The summed E-state index contributed by atoms with van der Waals surface area (Å²) in [6.45, 7) is 7.05. The maximum atomic E-state index is 11.6. The average Bonchev–Trinajstić information content (AvgIpc) is 2.50. The minimum atomic E-state index is 0.0459. The Morgan fingerprint density at radius 3 is 2.38 bits per heavy atom. The molecule has 0 unspecified atom stereocenters. The maximum Gasteiger partial charge on any atom is 0.159 e. The number of ether oxygens (including phenoxy) is 2. The van der Waals surface area contributed by atoms with E-state index in [0.717, 1.165) is 35.1 Å². The van der Waals surface area contributed by atoms with E-state index in [-0.39, 0.29) is 5.78 Å². The summed E-state index contributed by atoms with van der Waals surface area (Å²) in [7, 11) is 0. The normalized spacial score (nSPS) is 10.6. The molecule has 3 heteroatoms. The summed E-state index contributed by atoms with van der Waals surface area (Å²) in [4.78, 5) is 11.6. The minimum Gasteiger partial charge on any atom is -0.494 e. The van der Waals surface area contributed by atoms with Crippen molar-refractivity contribution in [1.29, 1.82) is 0 Å². The lowest BCUT2D eigenvalue weighted by Crippen LogP contribution is -2.00. The Bertz CT molecular complexity index is 632. The second kappa shape index (κ2) is 7.11. The van der Waals surface area contributed by atoms with Crippen molar-refractivity contribution in [3.8, 4) is 11.5 Å². The second-order valence-electron chi connectivity index (χ2n) is 5.11. The summed E-state index contributed by atoms with van der Waals surface area (Å²) >= 11 is 0. The van der Waals surface area contributed by atoms with Crippen molar-refractivity contribution in [3.05, 3.63) is 35.9 Å². The van der Waals surface area contributed by atoms with E-state index in [9.17, 15) is 4.79 Å². The van der Waals surface area contributed by atoms with Crippen LogP contribution in [0.25, 0.3) is 10.8 Å². The van der Waals surface area contributed by atoms with Crippen molar-refractivity contribution >= 4 is 16.6 Å². The molecule has 0 bridgehead atoms. The Hall–Kier alpha value is -2.03. The summed E-state index contributed by atoms with van der Waals surface area (Å²) in [5.41, 5.74) is 0.677. The quantitative estimate of drug-likeness (QED) is 0.697. The molecule has 0 heterocycles. The molecule has 0 fully saturated rings. The molecule has 0 spiro atoms. The Labute approximate surface area is 125 Å². The number of ketones is 1. The van der Waals surface area contributed by atoms with Crippen LogP contribution in [0.4, 0.5) is 0 Å². The first-order valence-corrected chi connectivity index (χ1v) is 7.50. The van der Waals surface area contributed by atoms with Crippen molar-refractivity contribution in [2.75, 3.05) is 13.2 Å². The first kappa shape index (κ1) is 15.4. The maximum absolute atomic E-state index is 11.6. The Kier molecular flexibility index (Phi) is 5.20. The van der Waals surface area contributed by atoms with Gasteiger partial charge in [0.05, 0.1) is 13.2 Å². The third-order valence-corrected chi connectivity index (χ3v) is 3.23. The van der Waals surface area contributed by atoms with Crippen molar-refractivity contribution in [3.63, 3.8) is 0 Å². The van der Waals surface area contributed by atoms with Crippen LogP contribution in [0.1, 0.15) is 44.0 Å². The lowest BCUT2D eigenvalue weighted by Gasteiger charge is -2.12. The molecule has 0 saturated carbocycles. The van der Waals surface area contributed by atoms with Crippen LogP contribution in [0.15, 0.2) is 30.3 Å². The molecule has 2 aromatic carbocycles. The zero-order valence-corrected chi connectivity index (χ0v) is 12.9. The van der Waals surface area contributed by atoms with Crippen LogP contribution in [-0.2, 0) is 0 Å². The Morgan fingerprint density at radius 2 is 1.71 bits per heavy atom. The molecule has 0 amide bonds. The number of hydrogen-bond acceptors (Lipinski definition) is 3. The van der Waals surface area contributed by atoms with E-state index in [0.29, 0.717) is 18.8 Å².